The maximum atomic E-state index is 12.6. The Kier molecular flexibility index (Phi) is 5.61. The van der Waals surface area contributed by atoms with Gasteiger partial charge in [-0.1, -0.05) is 18.2 Å². The van der Waals surface area contributed by atoms with Crippen molar-refractivity contribution in [2.24, 2.45) is 0 Å². The van der Waals surface area contributed by atoms with E-state index in [-0.39, 0.29) is 24.5 Å². The minimum atomic E-state index is -0.751. The molecule has 1 aromatic carbocycles. The van der Waals surface area contributed by atoms with Crippen LogP contribution in [0.2, 0.25) is 0 Å². The van der Waals surface area contributed by atoms with Crippen LogP contribution >= 0.6 is 11.8 Å². The molecule has 0 saturated carbocycles. The molecule has 2 heterocycles. The van der Waals surface area contributed by atoms with Crippen molar-refractivity contribution < 1.29 is 28.6 Å². The molecule has 4 atom stereocenters. The first-order valence-corrected chi connectivity index (χ1v) is 9.33. The summed E-state index contributed by atoms with van der Waals surface area (Å²) in [4.78, 5) is 38.5. The third kappa shape index (κ3) is 3.61. The third-order valence-corrected chi connectivity index (χ3v) is 6.23. The fourth-order valence-corrected chi connectivity index (χ4v) is 5.14. The van der Waals surface area contributed by atoms with Crippen molar-refractivity contribution in [2.45, 2.75) is 29.1 Å². The second-order valence-corrected chi connectivity index (χ2v) is 8.22. The minimum absolute atomic E-state index is 0.194. The summed E-state index contributed by atoms with van der Waals surface area (Å²) in [6.45, 7) is 1.93. The van der Waals surface area contributed by atoms with E-state index in [1.807, 2.05) is 13.0 Å². The molecule has 2 amide bonds. The Morgan fingerprint density at radius 3 is 2.59 bits per heavy atom. The van der Waals surface area contributed by atoms with Crippen LogP contribution in [0, 0.1) is 0 Å². The predicted octanol–water partition coefficient (Wildman–Crippen LogP) is 0.412. The van der Waals surface area contributed by atoms with E-state index >= 15 is 0 Å². The molecule has 2 aliphatic heterocycles. The molecule has 27 heavy (non-hydrogen) atoms. The van der Waals surface area contributed by atoms with E-state index in [1.54, 1.807) is 24.3 Å². The molecule has 1 N–H and O–H groups in total. The van der Waals surface area contributed by atoms with Gasteiger partial charge in [0.1, 0.15) is 23.2 Å². The van der Waals surface area contributed by atoms with E-state index < -0.39 is 28.7 Å². The highest BCUT2D eigenvalue weighted by Crippen LogP contribution is 2.51. The second-order valence-electron chi connectivity index (χ2n) is 6.57. The number of nitrogens with zero attached hydrogens (tertiary/aromatic N) is 1. The number of rotatable bonds is 7. The molecule has 0 bridgehead atoms. The number of carbonyl (C=O) groups excluding carboxylic acids is 3. The smallest absolute Gasteiger partial charge is 0.330 e. The zero-order valence-corrected chi connectivity index (χ0v) is 16.2. The van der Waals surface area contributed by atoms with E-state index in [0.717, 1.165) is 0 Å². The molecule has 0 spiro atoms. The highest BCUT2D eigenvalue weighted by molar-refractivity contribution is 8.01. The molecule has 1 aromatic rings. The number of fused-ring (bicyclic) bond motifs is 1. The maximum Gasteiger partial charge on any atom is 0.330 e. The van der Waals surface area contributed by atoms with Crippen LogP contribution in [0.1, 0.15) is 6.92 Å². The maximum absolute atomic E-state index is 12.6. The number of β-lactam (4-membered cyclic amide) rings is 1. The van der Waals surface area contributed by atoms with Crippen molar-refractivity contribution in [3.8, 4) is 5.75 Å². The number of hydrogen-bond donors (Lipinski definition) is 1. The number of benzene rings is 1. The van der Waals surface area contributed by atoms with Gasteiger partial charge in [-0.15, -0.1) is 11.8 Å². The standard InChI is InChI=1S/C18H22N2O6S/c1-18(10-24-2)14(17(23)25-3)20-15(22)13(16(20)27-18)19-12(21)9-26-11-7-5-4-6-8-11/h4-8,13-14,16H,9-10H2,1-3H3,(H,19,21)/t13?,14?,16-,18?/m0/s1. The van der Waals surface area contributed by atoms with Crippen LogP contribution in [0.25, 0.3) is 0 Å². The van der Waals surface area contributed by atoms with Crippen LogP contribution in [0.15, 0.2) is 30.3 Å². The molecule has 9 heteroatoms. The van der Waals surface area contributed by atoms with Crippen molar-refractivity contribution in [1.82, 2.24) is 10.2 Å². The first-order chi connectivity index (χ1) is 12.9. The lowest BCUT2D eigenvalue weighted by Gasteiger charge is -2.43. The number of hydrogen-bond acceptors (Lipinski definition) is 7. The Hall–Kier alpha value is -2.26. The highest BCUT2D eigenvalue weighted by atomic mass is 32.2. The van der Waals surface area contributed by atoms with E-state index in [1.165, 1.54) is 30.9 Å². The van der Waals surface area contributed by atoms with Gasteiger partial charge in [0.2, 0.25) is 5.91 Å². The Morgan fingerprint density at radius 2 is 1.96 bits per heavy atom. The van der Waals surface area contributed by atoms with Crippen molar-refractivity contribution >= 4 is 29.5 Å². The van der Waals surface area contributed by atoms with Crippen LogP contribution in [0.4, 0.5) is 0 Å². The molecule has 3 rings (SSSR count). The van der Waals surface area contributed by atoms with Crippen molar-refractivity contribution in [3.63, 3.8) is 0 Å². The van der Waals surface area contributed by atoms with E-state index in [2.05, 4.69) is 5.32 Å². The summed E-state index contributed by atoms with van der Waals surface area (Å²) in [5.41, 5.74) is 0. The molecule has 0 aromatic heterocycles. The lowest BCUT2D eigenvalue weighted by Crippen LogP contribution is -2.71. The van der Waals surface area contributed by atoms with Gasteiger partial charge < -0.3 is 24.4 Å². The van der Waals surface area contributed by atoms with Gasteiger partial charge in [-0.25, -0.2) is 4.79 Å². The number of nitrogens with one attached hydrogen (secondary N) is 1. The van der Waals surface area contributed by atoms with E-state index in [4.69, 9.17) is 14.2 Å². The first kappa shape index (κ1) is 19.5. The van der Waals surface area contributed by atoms with Crippen LogP contribution in [-0.2, 0) is 23.9 Å². The van der Waals surface area contributed by atoms with Crippen molar-refractivity contribution in [1.29, 1.82) is 0 Å². The Bertz CT molecular complexity index is 730. The van der Waals surface area contributed by atoms with Gasteiger partial charge in [0, 0.05) is 7.11 Å². The molecular formula is C18H22N2O6S. The largest absolute Gasteiger partial charge is 0.484 e. The molecule has 2 aliphatic rings. The number of thioether (sulfide) groups is 1. The molecular weight excluding hydrogens is 372 g/mol. The van der Waals surface area contributed by atoms with Crippen LogP contribution in [0.3, 0.4) is 0 Å². The summed E-state index contributed by atoms with van der Waals surface area (Å²) in [5.74, 6) is -0.624. The molecule has 0 radical (unpaired) electrons. The Labute approximate surface area is 161 Å². The van der Waals surface area contributed by atoms with E-state index in [0.29, 0.717) is 5.75 Å². The summed E-state index contributed by atoms with van der Waals surface area (Å²) < 4.78 is 14.9. The predicted molar refractivity (Wildman–Crippen MR) is 98.2 cm³/mol. The Balaban J connectivity index is 1.64. The molecule has 2 saturated heterocycles. The molecule has 146 valence electrons. The summed E-state index contributed by atoms with van der Waals surface area (Å²) in [6.07, 6.45) is 0. The summed E-state index contributed by atoms with van der Waals surface area (Å²) in [7, 11) is 2.83. The lowest BCUT2D eigenvalue weighted by atomic mass is 9.95. The fraction of sp³-hybridized carbons (Fsp3) is 0.500. The van der Waals surface area contributed by atoms with Gasteiger partial charge in [0.25, 0.3) is 5.91 Å². The van der Waals surface area contributed by atoms with Gasteiger partial charge >= 0.3 is 5.97 Å². The first-order valence-electron chi connectivity index (χ1n) is 8.45. The zero-order chi connectivity index (χ0) is 19.6. The summed E-state index contributed by atoms with van der Waals surface area (Å²) in [6, 6.07) is 7.49. The van der Waals surface area contributed by atoms with Crippen LogP contribution < -0.4 is 10.1 Å². The topological polar surface area (TPSA) is 94.2 Å². The number of esters is 1. The van der Waals surface area contributed by atoms with Crippen LogP contribution in [0.5, 0.6) is 5.75 Å². The van der Waals surface area contributed by atoms with Gasteiger partial charge in [0.05, 0.1) is 18.5 Å². The number of methoxy groups -OCH3 is 2. The third-order valence-electron chi connectivity index (χ3n) is 4.61. The molecule has 2 fully saturated rings. The Morgan fingerprint density at radius 1 is 1.26 bits per heavy atom. The average Bonchev–Trinajstić information content (AvgIpc) is 2.94. The normalized spacial score (nSPS) is 28.9. The molecule has 8 nitrogen and oxygen atoms in total. The summed E-state index contributed by atoms with van der Waals surface area (Å²) in [5, 5.41) is 2.35. The number of amides is 2. The number of ether oxygens (including phenoxy) is 3. The van der Waals surface area contributed by atoms with Gasteiger partial charge in [-0.05, 0) is 19.1 Å². The monoisotopic (exact) mass is 394 g/mol. The zero-order valence-electron chi connectivity index (χ0n) is 15.3. The van der Waals surface area contributed by atoms with Gasteiger partial charge in [0.15, 0.2) is 6.61 Å². The van der Waals surface area contributed by atoms with Crippen LogP contribution in [-0.4, -0.2) is 72.3 Å². The fourth-order valence-electron chi connectivity index (χ4n) is 3.41. The van der Waals surface area contributed by atoms with E-state index in [9.17, 15) is 14.4 Å². The second kappa shape index (κ2) is 7.77. The quantitative estimate of drug-likeness (QED) is 0.529. The van der Waals surface area contributed by atoms with Crippen molar-refractivity contribution in [3.05, 3.63) is 30.3 Å². The average molecular weight is 394 g/mol. The number of para-hydroxylation sites is 1. The minimum Gasteiger partial charge on any atom is -0.484 e. The van der Waals surface area contributed by atoms with Gasteiger partial charge in [-0.3, -0.25) is 9.59 Å². The molecule has 3 unspecified atom stereocenters. The van der Waals surface area contributed by atoms with Gasteiger partial charge in [-0.2, -0.15) is 0 Å². The summed E-state index contributed by atoms with van der Waals surface area (Å²) >= 11 is 1.43. The van der Waals surface area contributed by atoms with Crippen molar-refractivity contribution in [2.75, 3.05) is 27.4 Å². The molecule has 0 aliphatic carbocycles. The highest BCUT2D eigenvalue weighted by Gasteiger charge is 2.66. The SMILES string of the molecule is COCC1(C)S[C@H]2C(NC(=O)COc3ccccc3)C(=O)N2C1C(=O)OC. The lowest BCUT2D eigenvalue weighted by molar-refractivity contribution is -0.163. The number of carbonyl (C=O) groups is 3.